The van der Waals surface area contributed by atoms with Crippen molar-refractivity contribution in [1.29, 1.82) is 0 Å². The molecule has 0 saturated carbocycles. The predicted molar refractivity (Wildman–Crippen MR) is 62.3 cm³/mol. The number of nitrogens with zero attached hydrogens (tertiary/aromatic N) is 2. The van der Waals surface area contributed by atoms with Gasteiger partial charge in [-0.1, -0.05) is 12.1 Å². The normalized spacial score (nSPS) is 10.8. The molecule has 2 aromatic heterocycles. The lowest BCUT2D eigenvalue weighted by molar-refractivity contribution is 0.475. The van der Waals surface area contributed by atoms with Crippen LogP contribution >= 0.6 is 0 Å². The second kappa shape index (κ2) is 3.38. The molecule has 1 aromatic carbocycles. The molecule has 0 spiro atoms. The van der Waals surface area contributed by atoms with Crippen molar-refractivity contribution in [1.82, 2.24) is 9.38 Å². The van der Waals surface area contributed by atoms with E-state index in [-0.39, 0.29) is 5.75 Å². The summed E-state index contributed by atoms with van der Waals surface area (Å²) in [7, 11) is 0. The van der Waals surface area contributed by atoms with Gasteiger partial charge in [-0.25, -0.2) is 4.98 Å². The highest BCUT2D eigenvalue weighted by molar-refractivity contribution is 5.67. The molecule has 0 atom stereocenters. The number of fused-ring (bicyclic) bond motifs is 1. The van der Waals surface area contributed by atoms with Gasteiger partial charge in [0.2, 0.25) is 0 Å². The van der Waals surface area contributed by atoms with Crippen molar-refractivity contribution in [2.75, 3.05) is 0 Å². The Hall–Kier alpha value is -2.29. The smallest absolute Gasteiger partial charge is 0.137 e. The van der Waals surface area contributed by atoms with Crippen LogP contribution in [0.15, 0.2) is 55.0 Å². The number of hydrogen-bond acceptors (Lipinski definition) is 2. The summed E-state index contributed by atoms with van der Waals surface area (Å²) in [5.74, 6) is 0.283. The molecule has 0 amide bonds. The number of imidazole rings is 1. The molecule has 3 rings (SSSR count). The third kappa shape index (κ3) is 1.42. The van der Waals surface area contributed by atoms with Crippen LogP contribution in [0.3, 0.4) is 0 Å². The zero-order chi connectivity index (χ0) is 11.0. The highest BCUT2D eigenvalue weighted by atomic mass is 16.3. The molecule has 0 radical (unpaired) electrons. The first-order valence-corrected chi connectivity index (χ1v) is 5.05. The van der Waals surface area contributed by atoms with E-state index in [1.807, 2.05) is 41.1 Å². The number of rotatable bonds is 1. The second-order valence-electron chi connectivity index (χ2n) is 3.66. The van der Waals surface area contributed by atoms with Crippen LogP contribution in [0, 0.1) is 0 Å². The van der Waals surface area contributed by atoms with Crippen LogP contribution < -0.4 is 0 Å². The van der Waals surface area contributed by atoms with Crippen LogP contribution in [0.25, 0.3) is 16.8 Å². The minimum absolute atomic E-state index is 0.283. The van der Waals surface area contributed by atoms with Gasteiger partial charge in [0.05, 0.1) is 0 Å². The van der Waals surface area contributed by atoms with Gasteiger partial charge in [0.1, 0.15) is 11.4 Å². The Morgan fingerprint density at radius 3 is 2.56 bits per heavy atom. The molecule has 1 N–H and O–H groups in total. The average Bonchev–Trinajstić information content (AvgIpc) is 2.77. The number of phenols is 1. The Morgan fingerprint density at radius 1 is 0.938 bits per heavy atom. The van der Waals surface area contributed by atoms with E-state index >= 15 is 0 Å². The summed E-state index contributed by atoms with van der Waals surface area (Å²) in [4.78, 5) is 4.24. The summed E-state index contributed by atoms with van der Waals surface area (Å²) < 4.78 is 1.96. The molecule has 0 unspecified atom stereocenters. The molecule has 0 aliphatic carbocycles. The quantitative estimate of drug-likeness (QED) is 0.670. The first-order chi connectivity index (χ1) is 7.83. The Bertz CT molecular complexity index is 626. The molecule has 78 valence electrons. The van der Waals surface area contributed by atoms with E-state index in [2.05, 4.69) is 4.98 Å². The van der Waals surface area contributed by atoms with E-state index in [0.717, 1.165) is 16.8 Å². The lowest BCUT2D eigenvalue weighted by Crippen LogP contribution is -1.84. The highest BCUT2D eigenvalue weighted by Crippen LogP contribution is 2.22. The van der Waals surface area contributed by atoms with Gasteiger partial charge < -0.3 is 9.51 Å². The van der Waals surface area contributed by atoms with Gasteiger partial charge in [-0.15, -0.1) is 0 Å². The van der Waals surface area contributed by atoms with Crippen molar-refractivity contribution >= 4 is 5.65 Å². The third-order valence-corrected chi connectivity index (χ3v) is 2.60. The van der Waals surface area contributed by atoms with E-state index in [0.29, 0.717) is 0 Å². The molecular weight excluding hydrogens is 200 g/mol. The summed E-state index contributed by atoms with van der Waals surface area (Å²) >= 11 is 0. The fourth-order valence-corrected chi connectivity index (χ4v) is 1.74. The lowest BCUT2D eigenvalue weighted by Gasteiger charge is -2.02. The maximum atomic E-state index is 9.23. The van der Waals surface area contributed by atoms with E-state index < -0.39 is 0 Å². The third-order valence-electron chi connectivity index (χ3n) is 2.60. The number of phenolic OH excluding ortho intramolecular Hbond substituents is 1. The number of benzene rings is 1. The van der Waals surface area contributed by atoms with Crippen LogP contribution in [0.1, 0.15) is 0 Å². The zero-order valence-corrected chi connectivity index (χ0v) is 8.54. The Balaban J connectivity index is 2.14. The molecule has 0 bridgehead atoms. The Labute approximate surface area is 92.6 Å². The standard InChI is InChI=1S/C13H10N2O/c16-12-3-1-10(2-4-12)11-5-7-15-8-6-14-13(15)9-11/h1-9,16H. The van der Waals surface area contributed by atoms with Crippen molar-refractivity contribution < 1.29 is 5.11 Å². The molecule has 0 aliphatic rings. The van der Waals surface area contributed by atoms with Gasteiger partial charge >= 0.3 is 0 Å². The monoisotopic (exact) mass is 210 g/mol. The van der Waals surface area contributed by atoms with E-state index in [1.165, 1.54) is 0 Å². The van der Waals surface area contributed by atoms with Crippen LogP contribution in [-0.2, 0) is 0 Å². The molecule has 0 aliphatic heterocycles. The van der Waals surface area contributed by atoms with Gasteiger partial charge in [0.25, 0.3) is 0 Å². The molecule has 3 nitrogen and oxygen atoms in total. The van der Waals surface area contributed by atoms with Crippen molar-refractivity contribution in [3.05, 3.63) is 55.0 Å². The van der Waals surface area contributed by atoms with Crippen molar-refractivity contribution in [2.24, 2.45) is 0 Å². The Kier molecular flexibility index (Phi) is 1.90. The average molecular weight is 210 g/mol. The molecule has 0 fully saturated rings. The van der Waals surface area contributed by atoms with E-state index in [4.69, 9.17) is 0 Å². The molecule has 3 aromatic rings. The van der Waals surface area contributed by atoms with E-state index in [1.54, 1.807) is 18.3 Å². The summed E-state index contributed by atoms with van der Waals surface area (Å²) in [6, 6.07) is 11.2. The van der Waals surface area contributed by atoms with Gasteiger partial charge in [-0.3, -0.25) is 0 Å². The SMILES string of the molecule is Oc1ccc(-c2ccn3ccnc3c2)cc1. The number of aromatic hydroxyl groups is 1. The summed E-state index contributed by atoms with van der Waals surface area (Å²) in [6.45, 7) is 0. The summed E-state index contributed by atoms with van der Waals surface area (Å²) in [6.07, 6.45) is 5.66. The van der Waals surface area contributed by atoms with Crippen LogP contribution in [0.2, 0.25) is 0 Å². The Morgan fingerprint density at radius 2 is 1.75 bits per heavy atom. The maximum Gasteiger partial charge on any atom is 0.137 e. The number of pyridine rings is 1. The van der Waals surface area contributed by atoms with Gasteiger partial charge in [-0.05, 0) is 35.4 Å². The summed E-state index contributed by atoms with van der Waals surface area (Å²) in [5.41, 5.74) is 3.09. The first kappa shape index (κ1) is 8.97. The highest BCUT2D eigenvalue weighted by Gasteiger charge is 2.00. The number of hydrogen-bond donors (Lipinski definition) is 1. The van der Waals surface area contributed by atoms with Crippen molar-refractivity contribution in [3.8, 4) is 16.9 Å². The molecular formula is C13H10N2O. The fourth-order valence-electron chi connectivity index (χ4n) is 1.74. The van der Waals surface area contributed by atoms with Crippen molar-refractivity contribution in [3.63, 3.8) is 0 Å². The fraction of sp³-hybridized carbons (Fsp3) is 0. The van der Waals surface area contributed by atoms with Gasteiger partial charge in [-0.2, -0.15) is 0 Å². The largest absolute Gasteiger partial charge is 0.508 e. The van der Waals surface area contributed by atoms with Gasteiger partial charge in [0.15, 0.2) is 0 Å². The minimum atomic E-state index is 0.283. The van der Waals surface area contributed by atoms with Crippen molar-refractivity contribution in [2.45, 2.75) is 0 Å². The minimum Gasteiger partial charge on any atom is -0.508 e. The molecule has 0 saturated heterocycles. The topological polar surface area (TPSA) is 37.5 Å². The first-order valence-electron chi connectivity index (χ1n) is 5.05. The van der Waals surface area contributed by atoms with Crippen LogP contribution in [-0.4, -0.2) is 14.5 Å². The lowest BCUT2D eigenvalue weighted by atomic mass is 10.1. The van der Waals surface area contributed by atoms with Crippen LogP contribution in [0.4, 0.5) is 0 Å². The molecule has 16 heavy (non-hydrogen) atoms. The molecule has 3 heteroatoms. The van der Waals surface area contributed by atoms with Gasteiger partial charge in [0, 0.05) is 18.6 Å². The maximum absolute atomic E-state index is 9.23. The molecule has 2 heterocycles. The zero-order valence-electron chi connectivity index (χ0n) is 8.54. The predicted octanol–water partition coefficient (Wildman–Crippen LogP) is 2.71. The van der Waals surface area contributed by atoms with Crippen LogP contribution in [0.5, 0.6) is 5.75 Å². The summed E-state index contributed by atoms with van der Waals surface area (Å²) in [5, 5.41) is 9.23. The number of aromatic nitrogens is 2. The second-order valence-corrected chi connectivity index (χ2v) is 3.66. The van der Waals surface area contributed by atoms with E-state index in [9.17, 15) is 5.11 Å².